The molecule has 12 heavy (non-hydrogen) atoms. The number of halogens is 1. The first-order chi connectivity index (χ1) is 5.75. The number of thiophene rings is 1. The van der Waals surface area contributed by atoms with Gasteiger partial charge in [-0.1, -0.05) is 6.92 Å². The monoisotopic (exact) mass is 248 g/mol. The standard InChI is InChI=1S/C8H9BrO2S/c1-2-4-11-8(10)7-6(9)3-5-12-7/h3,5H,2,4H2,1H3. The van der Waals surface area contributed by atoms with Crippen molar-refractivity contribution >= 4 is 33.2 Å². The third kappa shape index (κ3) is 2.32. The van der Waals surface area contributed by atoms with E-state index in [1.807, 2.05) is 18.4 Å². The summed E-state index contributed by atoms with van der Waals surface area (Å²) in [5.41, 5.74) is 0. The zero-order chi connectivity index (χ0) is 8.97. The highest BCUT2D eigenvalue weighted by molar-refractivity contribution is 9.10. The normalized spacial score (nSPS) is 9.83. The van der Waals surface area contributed by atoms with Gasteiger partial charge in [0, 0.05) is 4.47 Å². The summed E-state index contributed by atoms with van der Waals surface area (Å²) in [6, 6.07) is 1.84. The van der Waals surface area contributed by atoms with Gasteiger partial charge in [-0.2, -0.15) is 0 Å². The van der Waals surface area contributed by atoms with E-state index >= 15 is 0 Å². The second-order valence-electron chi connectivity index (χ2n) is 2.23. The van der Waals surface area contributed by atoms with E-state index in [4.69, 9.17) is 4.74 Å². The zero-order valence-corrected chi connectivity index (χ0v) is 9.07. The summed E-state index contributed by atoms with van der Waals surface area (Å²) in [6.45, 7) is 2.46. The van der Waals surface area contributed by atoms with E-state index < -0.39 is 0 Å². The molecule has 0 unspecified atom stereocenters. The maximum absolute atomic E-state index is 11.2. The lowest BCUT2D eigenvalue weighted by Gasteiger charge is -1.99. The number of hydrogen-bond donors (Lipinski definition) is 0. The van der Waals surface area contributed by atoms with Gasteiger partial charge in [-0.3, -0.25) is 0 Å². The third-order valence-corrected chi connectivity index (χ3v) is 3.06. The van der Waals surface area contributed by atoms with Crippen LogP contribution in [-0.4, -0.2) is 12.6 Å². The highest BCUT2D eigenvalue weighted by atomic mass is 79.9. The fourth-order valence-corrected chi connectivity index (χ4v) is 2.13. The molecule has 4 heteroatoms. The fraction of sp³-hybridized carbons (Fsp3) is 0.375. The lowest BCUT2D eigenvalue weighted by molar-refractivity contribution is 0.0510. The quantitative estimate of drug-likeness (QED) is 0.769. The molecule has 66 valence electrons. The van der Waals surface area contributed by atoms with Gasteiger partial charge in [-0.25, -0.2) is 4.79 Å². The highest BCUT2D eigenvalue weighted by Gasteiger charge is 2.11. The summed E-state index contributed by atoms with van der Waals surface area (Å²) in [7, 11) is 0. The number of ether oxygens (including phenoxy) is 1. The van der Waals surface area contributed by atoms with E-state index in [0.29, 0.717) is 11.5 Å². The van der Waals surface area contributed by atoms with Crippen LogP contribution in [0.5, 0.6) is 0 Å². The first-order valence-electron chi connectivity index (χ1n) is 3.65. The van der Waals surface area contributed by atoms with Gasteiger partial charge in [0.15, 0.2) is 0 Å². The molecule has 0 spiro atoms. The molecule has 1 aromatic heterocycles. The van der Waals surface area contributed by atoms with Crippen molar-refractivity contribution in [1.29, 1.82) is 0 Å². The van der Waals surface area contributed by atoms with Gasteiger partial charge in [-0.05, 0) is 33.8 Å². The predicted molar refractivity (Wildman–Crippen MR) is 52.6 cm³/mol. The van der Waals surface area contributed by atoms with Crippen LogP contribution in [0.4, 0.5) is 0 Å². The van der Waals surface area contributed by atoms with E-state index in [9.17, 15) is 4.79 Å². The summed E-state index contributed by atoms with van der Waals surface area (Å²) in [4.78, 5) is 11.9. The predicted octanol–water partition coefficient (Wildman–Crippen LogP) is 3.08. The number of carbonyl (C=O) groups excluding carboxylic acids is 1. The molecule has 0 aliphatic carbocycles. The van der Waals surface area contributed by atoms with Crippen LogP contribution in [0.3, 0.4) is 0 Å². The molecular formula is C8H9BrO2S. The molecule has 0 aliphatic heterocycles. The maximum atomic E-state index is 11.2. The maximum Gasteiger partial charge on any atom is 0.349 e. The number of carbonyl (C=O) groups is 1. The summed E-state index contributed by atoms with van der Waals surface area (Å²) in [5, 5.41) is 1.85. The molecule has 0 fully saturated rings. The van der Waals surface area contributed by atoms with Crippen LogP contribution in [0.15, 0.2) is 15.9 Å². The summed E-state index contributed by atoms with van der Waals surface area (Å²) in [6.07, 6.45) is 0.856. The van der Waals surface area contributed by atoms with E-state index in [1.165, 1.54) is 11.3 Å². The van der Waals surface area contributed by atoms with Gasteiger partial charge in [0.25, 0.3) is 0 Å². The van der Waals surface area contributed by atoms with Crippen LogP contribution in [0.1, 0.15) is 23.0 Å². The third-order valence-electron chi connectivity index (χ3n) is 1.24. The topological polar surface area (TPSA) is 26.3 Å². The molecule has 0 saturated heterocycles. The van der Waals surface area contributed by atoms with Crippen molar-refractivity contribution in [2.75, 3.05) is 6.61 Å². The average molecular weight is 249 g/mol. The minimum Gasteiger partial charge on any atom is -0.461 e. The summed E-state index contributed by atoms with van der Waals surface area (Å²) >= 11 is 4.66. The van der Waals surface area contributed by atoms with Crippen molar-refractivity contribution in [3.8, 4) is 0 Å². The summed E-state index contributed by atoms with van der Waals surface area (Å²) in [5.74, 6) is -0.237. The second-order valence-corrected chi connectivity index (χ2v) is 4.00. The fourth-order valence-electron chi connectivity index (χ4n) is 0.700. The van der Waals surface area contributed by atoms with Crippen molar-refractivity contribution < 1.29 is 9.53 Å². The van der Waals surface area contributed by atoms with E-state index in [-0.39, 0.29) is 5.97 Å². The van der Waals surface area contributed by atoms with Crippen LogP contribution in [-0.2, 0) is 4.74 Å². The van der Waals surface area contributed by atoms with Gasteiger partial charge >= 0.3 is 5.97 Å². The zero-order valence-electron chi connectivity index (χ0n) is 6.67. The summed E-state index contributed by atoms with van der Waals surface area (Å²) < 4.78 is 5.77. The molecule has 0 bridgehead atoms. The van der Waals surface area contributed by atoms with Crippen LogP contribution in [0.25, 0.3) is 0 Å². The van der Waals surface area contributed by atoms with E-state index in [2.05, 4.69) is 15.9 Å². The molecule has 2 nitrogen and oxygen atoms in total. The Morgan fingerprint density at radius 3 is 3.00 bits per heavy atom. The molecule has 0 N–H and O–H groups in total. The highest BCUT2D eigenvalue weighted by Crippen LogP contribution is 2.23. The Kier molecular flexibility index (Phi) is 3.75. The van der Waals surface area contributed by atoms with Gasteiger partial charge in [-0.15, -0.1) is 11.3 Å². The number of rotatable bonds is 3. The molecule has 0 amide bonds. The van der Waals surface area contributed by atoms with Gasteiger partial charge in [0.05, 0.1) is 6.61 Å². The molecule has 0 saturated carbocycles. The SMILES string of the molecule is CCCOC(=O)c1sccc1Br. The smallest absolute Gasteiger partial charge is 0.349 e. The van der Waals surface area contributed by atoms with Crippen molar-refractivity contribution in [3.63, 3.8) is 0 Å². The molecule has 0 aromatic carbocycles. The Balaban J connectivity index is 2.59. The Morgan fingerprint density at radius 1 is 1.75 bits per heavy atom. The van der Waals surface area contributed by atoms with Crippen molar-refractivity contribution in [3.05, 3.63) is 20.8 Å². The molecule has 1 aromatic rings. The average Bonchev–Trinajstić information content (AvgIpc) is 2.47. The molecular weight excluding hydrogens is 240 g/mol. The molecule has 0 aliphatic rings. The number of hydrogen-bond acceptors (Lipinski definition) is 3. The van der Waals surface area contributed by atoms with Crippen LogP contribution in [0, 0.1) is 0 Å². The van der Waals surface area contributed by atoms with Crippen molar-refractivity contribution in [1.82, 2.24) is 0 Å². The van der Waals surface area contributed by atoms with Crippen LogP contribution >= 0.6 is 27.3 Å². The second kappa shape index (κ2) is 4.62. The lowest BCUT2D eigenvalue weighted by atomic mass is 10.5. The molecule has 0 radical (unpaired) electrons. The first kappa shape index (κ1) is 9.74. The Labute approximate surface area is 83.7 Å². The van der Waals surface area contributed by atoms with Crippen molar-refractivity contribution in [2.45, 2.75) is 13.3 Å². The molecule has 1 heterocycles. The van der Waals surface area contributed by atoms with Crippen LogP contribution < -0.4 is 0 Å². The minimum atomic E-state index is -0.237. The van der Waals surface area contributed by atoms with Crippen LogP contribution in [0.2, 0.25) is 0 Å². The first-order valence-corrected chi connectivity index (χ1v) is 5.33. The lowest BCUT2D eigenvalue weighted by Crippen LogP contribution is -2.03. The van der Waals surface area contributed by atoms with E-state index in [0.717, 1.165) is 10.9 Å². The van der Waals surface area contributed by atoms with Gasteiger partial charge in [0.1, 0.15) is 4.88 Å². The van der Waals surface area contributed by atoms with Gasteiger partial charge < -0.3 is 4.74 Å². The molecule has 1 rings (SSSR count). The largest absolute Gasteiger partial charge is 0.461 e. The minimum absolute atomic E-state index is 0.237. The van der Waals surface area contributed by atoms with Crippen molar-refractivity contribution in [2.24, 2.45) is 0 Å². The van der Waals surface area contributed by atoms with Gasteiger partial charge in [0.2, 0.25) is 0 Å². The Morgan fingerprint density at radius 2 is 2.50 bits per heavy atom. The van der Waals surface area contributed by atoms with E-state index in [1.54, 1.807) is 0 Å². The Hall–Kier alpha value is -0.350. The molecule has 0 atom stereocenters. The Bertz CT molecular complexity index is 270. The number of esters is 1.